The summed E-state index contributed by atoms with van der Waals surface area (Å²) in [6, 6.07) is 5.64. The normalized spacial score (nSPS) is 15.4. The van der Waals surface area contributed by atoms with Crippen LogP contribution in [0.15, 0.2) is 18.2 Å². The van der Waals surface area contributed by atoms with Crippen molar-refractivity contribution in [3.8, 4) is 5.75 Å². The molecule has 0 unspecified atom stereocenters. The third-order valence-corrected chi connectivity index (χ3v) is 3.28. The highest BCUT2D eigenvalue weighted by molar-refractivity contribution is 5.94. The monoisotopic (exact) mass is 284 g/mol. The molecule has 1 saturated heterocycles. The van der Waals surface area contributed by atoms with E-state index in [4.69, 9.17) is 4.74 Å². The van der Waals surface area contributed by atoms with E-state index in [1.807, 2.05) is 30.0 Å². The van der Waals surface area contributed by atoms with Crippen LogP contribution >= 0.6 is 12.4 Å². The van der Waals surface area contributed by atoms with Gasteiger partial charge in [0.1, 0.15) is 5.75 Å². The number of carbonyl (C=O) groups excluding carboxylic acids is 1. The number of aryl methyl sites for hydroxylation is 1. The Morgan fingerprint density at radius 3 is 2.84 bits per heavy atom. The Kier molecular flexibility index (Phi) is 6.12. The number of hydrogen-bond acceptors (Lipinski definition) is 3. The van der Waals surface area contributed by atoms with Gasteiger partial charge in [0.05, 0.1) is 7.11 Å². The van der Waals surface area contributed by atoms with Crippen LogP contribution in [0.1, 0.15) is 22.3 Å². The van der Waals surface area contributed by atoms with Crippen molar-refractivity contribution in [3.63, 3.8) is 0 Å². The van der Waals surface area contributed by atoms with Gasteiger partial charge in [0.25, 0.3) is 5.91 Å². The fourth-order valence-electron chi connectivity index (χ4n) is 2.18. The van der Waals surface area contributed by atoms with Gasteiger partial charge in [-0.1, -0.05) is 6.07 Å². The maximum absolute atomic E-state index is 12.4. The maximum atomic E-state index is 12.4. The number of nitrogens with one attached hydrogen (secondary N) is 1. The fraction of sp³-hybridized carbons (Fsp3) is 0.500. The van der Waals surface area contributed by atoms with Crippen molar-refractivity contribution in [1.82, 2.24) is 10.2 Å². The molecule has 106 valence electrons. The summed E-state index contributed by atoms with van der Waals surface area (Å²) in [5, 5.41) is 3.30. The molecule has 1 heterocycles. The van der Waals surface area contributed by atoms with Crippen molar-refractivity contribution in [3.05, 3.63) is 29.3 Å². The number of carbonyl (C=O) groups is 1. The van der Waals surface area contributed by atoms with Crippen molar-refractivity contribution < 1.29 is 9.53 Å². The average Bonchev–Trinajstić information content (AvgIpc) is 2.67. The molecular weight excluding hydrogens is 264 g/mol. The van der Waals surface area contributed by atoms with Crippen LogP contribution in [0.2, 0.25) is 0 Å². The van der Waals surface area contributed by atoms with Gasteiger partial charge in [-0.25, -0.2) is 0 Å². The number of methoxy groups -OCH3 is 1. The Morgan fingerprint density at radius 1 is 1.32 bits per heavy atom. The molecule has 0 radical (unpaired) electrons. The number of nitrogens with zero attached hydrogens (tertiary/aromatic N) is 1. The molecular formula is C14H21ClN2O2. The first kappa shape index (κ1) is 15.8. The molecule has 0 aliphatic carbocycles. The predicted octanol–water partition coefficient (Wildman–Crippen LogP) is 1.86. The third kappa shape index (κ3) is 3.85. The molecule has 4 nitrogen and oxygen atoms in total. The molecule has 0 aromatic heterocycles. The number of rotatable bonds is 2. The molecule has 1 aromatic carbocycles. The second-order valence-electron chi connectivity index (χ2n) is 4.58. The molecule has 19 heavy (non-hydrogen) atoms. The van der Waals surface area contributed by atoms with Gasteiger partial charge in [-0.05, 0) is 37.6 Å². The summed E-state index contributed by atoms with van der Waals surface area (Å²) in [7, 11) is 1.63. The van der Waals surface area contributed by atoms with Crippen molar-refractivity contribution >= 4 is 18.3 Å². The first-order chi connectivity index (χ1) is 8.72. The van der Waals surface area contributed by atoms with Crippen LogP contribution in [-0.4, -0.2) is 44.1 Å². The molecule has 1 N–H and O–H groups in total. The molecule has 1 fully saturated rings. The largest absolute Gasteiger partial charge is 0.496 e. The SMILES string of the molecule is COc1cc(C(=O)N2CCCNCC2)ccc1C.Cl. The topological polar surface area (TPSA) is 41.6 Å². The standard InChI is InChI=1S/C14H20N2O2.ClH/c1-11-4-5-12(10-13(11)18-2)14(17)16-8-3-6-15-7-9-16;/h4-5,10,15H,3,6-9H2,1-2H3;1H. The zero-order valence-electron chi connectivity index (χ0n) is 11.4. The lowest BCUT2D eigenvalue weighted by atomic mass is 10.1. The summed E-state index contributed by atoms with van der Waals surface area (Å²) in [6.07, 6.45) is 1.01. The molecule has 1 aliphatic heterocycles. The molecule has 1 amide bonds. The molecule has 5 heteroatoms. The Labute approximate surface area is 120 Å². The van der Waals surface area contributed by atoms with E-state index < -0.39 is 0 Å². The molecule has 0 atom stereocenters. The second kappa shape index (κ2) is 7.36. The zero-order valence-corrected chi connectivity index (χ0v) is 12.3. The minimum absolute atomic E-state index is 0. The van der Waals surface area contributed by atoms with E-state index in [0.29, 0.717) is 5.56 Å². The van der Waals surface area contributed by atoms with E-state index >= 15 is 0 Å². The molecule has 0 bridgehead atoms. The summed E-state index contributed by atoms with van der Waals surface area (Å²) in [6.45, 7) is 5.43. The van der Waals surface area contributed by atoms with Crippen LogP contribution in [0.3, 0.4) is 0 Å². The minimum Gasteiger partial charge on any atom is -0.496 e. The smallest absolute Gasteiger partial charge is 0.254 e. The highest BCUT2D eigenvalue weighted by atomic mass is 35.5. The summed E-state index contributed by atoms with van der Waals surface area (Å²) >= 11 is 0. The molecule has 1 aliphatic rings. The summed E-state index contributed by atoms with van der Waals surface area (Å²) in [4.78, 5) is 14.3. The summed E-state index contributed by atoms with van der Waals surface area (Å²) in [5.41, 5.74) is 1.76. The van der Waals surface area contributed by atoms with Crippen molar-refractivity contribution in [2.24, 2.45) is 0 Å². The van der Waals surface area contributed by atoms with Crippen LogP contribution in [0.5, 0.6) is 5.75 Å². The van der Waals surface area contributed by atoms with E-state index in [1.54, 1.807) is 7.11 Å². The fourth-order valence-corrected chi connectivity index (χ4v) is 2.18. The quantitative estimate of drug-likeness (QED) is 0.901. The second-order valence-corrected chi connectivity index (χ2v) is 4.58. The highest BCUT2D eigenvalue weighted by Gasteiger charge is 2.17. The van der Waals surface area contributed by atoms with Crippen LogP contribution in [0, 0.1) is 6.92 Å². The molecule has 2 rings (SSSR count). The van der Waals surface area contributed by atoms with E-state index in [-0.39, 0.29) is 18.3 Å². The molecule has 1 aromatic rings. The van der Waals surface area contributed by atoms with E-state index in [2.05, 4.69) is 5.32 Å². The van der Waals surface area contributed by atoms with Crippen molar-refractivity contribution in [2.45, 2.75) is 13.3 Å². The Hall–Kier alpha value is -1.26. The third-order valence-electron chi connectivity index (χ3n) is 3.28. The first-order valence-electron chi connectivity index (χ1n) is 6.37. The highest BCUT2D eigenvalue weighted by Crippen LogP contribution is 2.20. The Morgan fingerprint density at radius 2 is 2.11 bits per heavy atom. The summed E-state index contributed by atoms with van der Waals surface area (Å²) in [5.74, 6) is 0.866. The van der Waals surface area contributed by atoms with Crippen molar-refractivity contribution in [2.75, 3.05) is 33.3 Å². The lowest BCUT2D eigenvalue weighted by Crippen LogP contribution is -2.34. The Balaban J connectivity index is 0.00000180. The number of ether oxygens (including phenoxy) is 1. The van der Waals surface area contributed by atoms with Gasteiger partial charge in [-0.15, -0.1) is 12.4 Å². The minimum atomic E-state index is 0. The van der Waals surface area contributed by atoms with Gasteiger partial charge >= 0.3 is 0 Å². The molecule has 0 saturated carbocycles. The van der Waals surface area contributed by atoms with E-state index in [1.165, 1.54) is 0 Å². The van der Waals surface area contributed by atoms with E-state index in [0.717, 1.165) is 43.9 Å². The lowest BCUT2D eigenvalue weighted by molar-refractivity contribution is 0.0766. The number of amides is 1. The van der Waals surface area contributed by atoms with Gasteiger partial charge in [-0.3, -0.25) is 4.79 Å². The van der Waals surface area contributed by atoms with Crippen LogP contribution in [0.25, 0.3) is 0 Å². The number of hydrogen-bond donors (Lipinski definition) is 1. The first-order valence-corrected chi connectivity index (χ1v) is 6.37. The van der Waals surface area contributed by atoms with Gasteiger partial charge in [-0.2, -0.15) is 0 Å². The van der Waals surface area contributed by atoms with Crippen LogP contribution in [-0.2, 0) is 0 Å². The number of benzene rings is 1. The van der Waals surface area contributed by atoms with Crippen LogP contribution < -0.4 is 10.1 Å². The van der Waals surface area contributed by atoms with Gasteiger partial charge in [0.15, 0.2) is 0 Å². The maximum Gasteiger partial charge on any atom is 0.254 e. The number of halogens is 1. The predicted molar refractivity (Wildman–Crippen MR) is 78.4 cm³/mol. The van der Waals surface area contributed by atoms with Crippen molar-refractivity contribution in [1.29, 1.82) is 0 Å². The zero-order chi connectivity index (χ0) is 13.0. The summed E-state index contributed by atoms with van der Waals surface area (Å²) < 4.78 is 5.26. The van der Waals surface area contributed by atoms with Crippen LogP contribution in [0.4, 0.5) is 0 Å². The van der Waals surface area contributed by atoms with E-state index in [9.17, 15) is 4.79 Å². The Bertz CT molecular complexity index is 429. The average molecular weight is 285 g/mol. The lowest BCUT2D eigenvalue weighted by Gasteiger charge is -2.20. The van der Waals surface area contributed by atoms with Gasteiger partial charge in [0, 0.05) is 25.2 Å². The molecule has 0 spiro atoms. The van der Waals surface area contributed by atoms with Gasteiger partial charge in [0.2, 0.25) is 0 Å². The van der Waals surface area contributed by atoms with Gasteiger partial charge < -0.3 is 15.0 Å².